The van der Waals surface area contributed by atoms with Gasteiger partial charge in [-0.2, -0.15) is 0 Å². The molecular weight excluding hydrogens is 345 g/mol. The summed E-state index contributed by atoms with van der Waals surface area (Å²) in [6.07, 6.45) is 2.36. The molecule has 0 aliphatic rings. The molecule has 138 valence electrons. The molecule has 1 atom stereocenters. The first kappa shape index (κ1) is 19.5. The van der Waals surface area contributed by atoms with E-state index in [1.807, 2.05) is 0 Å². The lowest BCUT2D eigenvalue weighted by molar-refractivity contribution is 0.321. The number of hydrogen-bond acceptors (Lipinski definition) is 1. The number of nitrogens with zero attached hydrogens (tertiary/aromatic N) is 1. The van der Waals surface area contributed by atoms with Crippen molar-refractivity contribution < 1.29 is 0 Å². The lowest BCUT2D eigenvalue weighted by Gasteiger charge is -2.21. The van der Waals surface area contributed by atoms with Gasteiger partial charge in [0.25, 0.3) is 0 Å². The minimum absolute atomic E-state index is 0.406. The summed E-state index contributed by atoms with van der Waals surface area (Å²) in [4.78, 5) is 2.25. The van der Waals surface area contributed by atoms with Crippen LogP contribution in [0.4, 0.5) is 0 Å². The van der Waals surface area contributed by atoms with Crippen LogP contribution in [-0.4, -0.2) is 19.0 Å². The van der Waals surface area contributed by atoms with E-state index < -0.39 is 7.92 Å². The Hall–Kier alpha value is -2.21. The second kappa shape index (κ2) is 9.13. The van der Waals surface area contributed by atoms with Crippen molar-refractivity contribution in [2.24, 2.45) is 0 Å². The molecule has 0 N–H and O–H groups in total. The third kappa shape index (κ3) is 4.95. The molecule has 0 heterocycles. The first-order valence-corrected chi connectivity index (χ1v) is 10.8. The van der Waals surface area contributed by atoms with Gasteiger partial charge in [0.15, 0.2) is 0 Å². The Balaban J connectivity index is 2.00. The van der Waals surface area contributed by atoms with Crippen LogP contribution in [0.3, 0.4) is 0 Å². The summed E-state index contributed by atoms with van der Waals surface area (Å²) in [5.41, 5.74) is 2.63. The highest BCUT2D eigenvalue weighted by molar-refractivity contribution is 7.76. The summed E-state index contributed by atoms with van der Waals surface area (Å²) in [6, 6.07) is 31.1. The molecule has 3 rings (SSSR count). The third-order valence-electron chi connectivity index (χ3n) is 4.92. The second-order valence-corrected chi connectivity index (χ2v) is 9.51. The summed E-state index contributed by atoms with van der Waals surface area (Å²) in [7, 11) is 3.73. The predicted molar refractivity (Wildman–Crippen MR) is 121 cm³/mol. The highest BCUT2D eigenvalue weighted by atomic mass is 31.1. The van der Waals surface area contributed by atoms with Crippen molar-refractivity contribution in [3.8, 4) is 0 Å². The van der Waals surface area contributed by atoms with Gasteiger partial charge in [0.05, 0.1) is 0 Å². The molecule has 0 aliphatic carbocycles. The van der Waals surface area contributed by atoms with E-state index in [1.165, 1.54) is 27.1 Å². The van der Waals surface area contributed by atoms with Gasteiger partial charge in [-0.05, 0) is 62.9 Å². The highest BCUT2D eigenvalue weighted by Crippen LogP contribution is 2.43. The maximum Gasteiger partial charge on any atom is 0.0314 e. The molecule has 2 heteroatoms. The van der Waals surface area contributed by atoms with Crippen LogP contribution >= 0.6 is 7.92 Å². The van der Waals surface area contributed by atoms with Crippen LogP contribution in [0.15, 0.2) is 90.2 Å². The largest absolute Gasteiger partial charge is 0.303 e. The minimum atomic E-state index is -0.522. The minimum Gasteiger partial charge on any atom is -0.303 e. The molecule has 0 radical (unpaired) electrons. The van der Waals surface area contributed by atoms with Gasteiger partial charge in [-0.25, -0.2) is 0 Å². The van der Waals surface area contributed by atoms with Crippen molar-refractivity contribution in [3.05, 3.63) is 101 Å². The molecule has 0 saturated heterocycles. The first-order chi connectivity index (χ1) is 13.1. The van der Waals surface area contributed by atoms with Crippen molar-refractivity contribution in [2.75, 3.05) is 14.1 Å². The van der Waals surface area contributed by atoms with Gasteiger partial charge in [-0.15, -0.1) is 0 Å². The quantitative estimate of drug-likeness (QED) is 0.493. The average Bonchev–Trinajstić information content (AvgIpc) is 2.69. The third-order valence-corrected chi connectivity index (χ3v) is 7.39. The van der Waals surface area contributed by atoms with Crippen molar-refractivity contribution in [1.82, 2.24) is 4.90 Å². The Morgan fingerprint density at radius 3 is 1.89 bits per heavy atom. The zero-order valence-corrected chi connectivity index (χ0v) is 17.5. The fraction of sp³-hybridized carbons (Fsp3) is 0.200. The number of rotatable bonds is 6. The highest BCUT2D eigenvalue weighted by Gasteiger charge is 2.15. The first-order valence-electron chi connectivity index (χ1n) is 9.41. The van der Waals surface area contributed by atoms with Gasteiger partial charge in [-0.1, -0.05) is 91.0 Å². The normalized spacial score (nSPS) is 13.2. The van der Waals surface area contributed by atoms with Gasteiger partial charge in [0.2, 0.25) is 0 Å². The van der Waals surface area contributed by atoms with Crippen molar-refractivity contribution >= 4 is 24.6 Å². The van der Waals surface area contributed by atoms with Crippen LogP contribution in [0.25, 0.3) is 6.08 Å². The Kier molecular flexibility index (Phi) is 6.61. The Bertz CT molecular complexity index is 845. The van der Waals surface area contributed by atoms with Crippen LogP contribution < -0.4 is 10.6 Å². The number of allylic oxidation sites excluding steroid dienone is 1. The van der Waals surface area contributed by atoms with Crippen molar-refractivity contribution in [1.29, 1.82) is 0 Å². The lowest BCUT2D eigenvalue weighted by Crippen LogP contribution is -2.16. The molecule has 0 aliphatic heterocycles. The van der Waals surface area contributed by atoms with E-state index in [2.05, 4.69) is 124 Å². The van der Waals surface area contributed by atoms with E-state index >= 15 is 0 Å². The van der Waals surface area contributed by atoms with Crippen LogP contribution in [0.1, 0.15) is 31.0 Å². The molecule has 0 spiro atoms. The Labute approximate surface area is 165 Å². The van der Waals surface area contributed by atoms with Crippen LogP contribution in [0, 0.1) is 0 Å². The SMILES string of the molecule is C/C(=C\c1cccc([C@H](C)N(C)C)c1)P(c1ccccc1)c1ccccc1. The lowest BCUT2D eigenvalue weighted by atomic mass is 10.0. The molecule has 0 saturated carbocycles. The van der Waals surface area contributed by atoms with Gasteiger partial charge >= 0.3 is 0 Å². The zero-order valence-electron chi connectivity index (χ0n) is 16.6. The average molecular weight is 373 g/mol. The summed E-state index contributed by atoms with van der Waals surface area (Å²) >= 11 is 0. The van der Waals surface area contributed by atoms with E-state index in [9.17, 15) is 0 Å². The van der Waals surface area contributed by atoms with Crippen molar-refractivity contribution in [2.45, 2.75) is 19.9 Å². The van der Waals surface area contributed by atoms with Gasteiger partial charge < -0.3 is 4.90 Å². The van der Waals surface area contributed by atoms with Gasteiger partial charge in [-0.3, -0.25) is 0 Å². The van der Waals surface area contributed by atoms with Gasteiger partial charge in [0, 0.05) is 6.04 Å². The molecule has 0 bridgehead atoms. The monoisotopic (exact) mass is 373 g/mol. The molecule has 3 aromatic rings. The van der Waals surface area contributed by atoms with E-state index in [4.69, 9.17) is 0 Å². The smallest absolute Gasteiger partial charge is 0.0314 e. The Morgan fingerprint density at radius 1 is 0.815 bits per heavy atom. The summed E-state index contributed by atoms with van der Waals surface area (Å²) in [5.74, 6) is 0. The maximum absolute atomic E-state index is 2.36. The van der Waals surface area contributed by atoms with E-state index in [1.54, 1.807) is 0 Å². The van der Waals surface area contributed by atoms with E-state index in [0.717, 1.165) is 0 Å². The molecule has 3 aromatic carbocycles. The molecule has 0 unspecified atom stereocenters. The zero-order chi connectivity index (χ0) is 19.2. The van der Waals surface area contributed by atoms with Crippen LogP contribution in [0.2, 0.25) is 0 Å². The Morgan fingerprint density at radius 2 is 1.37 bits per heavy atom. The molecule has 0 amide bonds. The van der Waals surface area contributed by atoms with Crippen LogP contribution in [0.5, 0.6) is 0 Å². The molecule has 0 fully saturated rings. The fourth-order valence-electron chi connectivity index (χ4n) is 3.22. The molecular formula is C25H28NP. The number of benzene rings is 3. The van der Waals surface area contributed by atoms with Crippen molar-refractivity contribution in [3.63, 3.8) is 0 Å². The second-order valence-electron chi connectivity index (χ2n) is 7.10. The van der Waals surface area contributed by atoms with E-state index in [-0.39, 0.29) is 0 Å². The standard InChI is InChI=1S/C25H28NP/c1-20(18-22-12-11-13-23(19-22)21(2)26(3)4)27(24-14-7-5-8-15-24)25-16-9-6-10-17-25/h5-19,21H,1-4H3/b20-18+/t21-/m0/s1. The topological polar surface area (TPSA) is 3.24 Å². The fourth-order valence-corrected chi connectivity index (χ4v) is 5.55. The molecule has 27 heavy (non-hydrogen) atoms. The summed E-state index contributed by atoms with van der Waals surface area (Å²) < 4.78 is 0. The summed E-state index contributed by atoms with van der Waals surface area (Å²) in [6.45, 7) is 4.52. The number of hydrogen-bond donors (Lipinski definition) is 0. The van der Waals surface area contributed by atoms with Crippen LogP contribution in [-0.2, 0) is 0 Å². The summed E-state index contributed by atoms with van der Waals surface area (Å²) in [5, 5.41) is 4.20. The predicted octanol–water partition coefficient (Wildman–Crippen LogP) is 5.80. The van der Waals surface area contributed by atoms with E-state index in [0.29, 0.717) is 6.04 Å². The maximum atomic E-state index is 2.36. The van der Waals surface area contributed by atoms with Gasteiger partial charge in [0.1, 0.15) is 0 Å². The molecule has 0 aromatic heterocycles. The molecule has 1 nitrogen and oxygen atoms in total.